The first-order valence-corrected chi connectivity index (χ1v) is 12.5. The summed E-state index contributed by atoms with van der Waals surface area (Å²) in [6.45, 7) is 15.3. The number of carbonyl (C=O) groups is 1. The van der Waals surface area contributed by atoms with E-state index in [1.807, 2.05) is 19.1 Å². The van der Waals surface area contributed by atoms with Crippen LogP contribution in [0.4, 0.5) is 5.69 Å². The lowest BCUT2D eigenvalue weighted by Gasteiger charge is -2.33. The zero-order valence-corrected chi connectivity index (χ0v) is 21.5. The number of aryl methyl sites for hydroxylation is 3. The van der Waals surface area contributed by atoms with E-state index in [-0.39, 0.29) is 5.97 Å². The number of pyridine rings is 1. The average molecular weight is 468 g/mol. The summed E-state index contributed by atoms with van der Waals surface area (Å²) in [6.07, 6.45) is 0. The van der Waals surface area contributed by atoms with Crippen molar-refractivity contribution in [1.29, 1.82) is 0 Å². The lowest BCUT2D eigenvalue weighted by Crippen LogP contribution is -2.32. The number of ether oxygens (including phenoxy) is 1. The Hall–Kier alpha value is -3.60. The number of rotatable bonds is 6. The fourth-order valence-electron chi connectivity index (χ4n) is 5.87. The van der Waals surface area contributed by atoms with E-state index < -0.39 is 5.60 Å². The van der Waals surface area contributed by atoms with Gasteiger partial charge >= 0.3 is 5.97 Å². The van der Waals surface area contributed by atoms with Gasteiger partial charge in [-0.3, -0.25) is 0 Å². The van der Waals surface area contributed by atoms with Crippen LogP contribution in [0, 0.1) is 20.8 Å². The third-order valence-corrected chi connectivity index (χ3v) is 7.47. The summed E-state index contributed by atoms with van der Waals surface area (Å²) < 4.78 is 8.80. The van der Waals surface area contributed by atoms with Crippen LogP contribution in [-0.4, -0.2) is 28.6 Å². The molecule has 5 heteroatoms. The highest BCUT2D eigenvalue weighted by molar-refractivity contribution is 5.97. The summed E-state index contributed by atoms with van der Waals surface area (Å²) in [7, 11) is 0. The molecule has 35 heavy (non-hydrogen) atoms. The molecule has 1 aliphatic rings. The molecule has 1 unspecified atom stereocenters. The number of hydrogen-bond donors (Lipinski definition) is 0. The quantitative estimate of drug-likeness (QED) is 0.313. The molecule has 0 radical (unpaired) electrons. The van der Waals surface area contributed by atoms with Crippen LogP contribution in [-0.2, 0) is 16.9 Å². The van der Waals surface area contributed by atoms with Crippen molar-refractivity contribution in [1.82, 2.24) is 9.55 Å². The largest absolute Gasteiger partial charge is 0.439 e. The summed E-state index contributed by atoms with van der Waals surface area (Å²) in [6, 6.07) is 18.9. The zero-order chi connectivity index (χ0) is 24.9. The fourth-order valence-corrected chi connectivity index (χ4v) is 5.87. The van der Waals surface area contributed by atoms with Crippen LogP contribution in [0.1, 0.15) is 64.9 Å². The molecule has 0 fully saturated rings. The van der Waals surface area contributed by atoms with Crippen molar-refractivity contribution in [2.45, 2.75) is 53.7 Å². The summed E-state index contributed by atoms with van der Waals surface area (Å²) in [5, 5.41) is 1.10. The topological polar surface area (TPSA) is 47.4 Å². The second-order valence-electron chi connectivity index (χ2n) is 9.31. The van der Waals surface area contributed by atoms with Gasteiger partial charge in [0.25, 0.3) is 0 Å². The van der Waals surface area contributed by atoms with Gasteiger partial charge in [-0.05, 0) is 71.4 Å². The summed E-state index contributed by atoms with van der Waals surface area (Å²) in [5.74, 6) is -0.372. The van der Waals surface area contributed by atoms with E-state index in [1.165, 1.54) is 5.69 Å². The Morgan fingerprint density at radius 1 is 0.943 bits per heavy atom. The molecule has 0 spiro atoms. The maximum atomic E-state index is 13.4. The van der Waals surface area contributed by atoms with Gasteiger partial charge in [-0.15, -0.1) is 0 Å². The Morgan fingerprint density at radius 3 is 2.34 bits per heavy atom. The molecule has 0 amide bonds. The Kier molecular flexibility index (Phi) is 5.66. The zero-order valence-electron chi connectivity index (χ0n) is 21.5. The molecule has 3 heterocycles. The fraction of sp³-hybridized carbons (Fsp3) is 0.333. The predicted octanol–water partition coefficient (Wildman–Crippen LogP) is 6.29. The number of hydrogen-bond acceptors (Lipinski definition) is 4. The van der Waals surface area contributed by atoms with Crippen LogP contribution in [0.3, 0.4) is 0 Å². The minimum absolute atomic E-state index is 0.372. The molecule has 0 saturated carbocycles. The lowest BCUT2D eigenvalue weighted by molar-refractivity contribution is 0.0249. The molecule has 5 nitrogen and oxygen atoms in total. The highest BCUT2D eigenvalue weighted by Crippen LogP contribution is 2.51. The van der Waals surface area contributed by atoms with Crippen LogP contribution in [0.5, 0.6) is 0 Å². The molecule has 4 aromatic rings. The first-order chi connectivity index (χ1) is 16.9. The molecule has 0 bridgehead atoms. The van der Waals surface area contributed by atoms with Crippen molar-refractivity contribution in [2.24, 2.45) is 0 Å². The molecule has 0 saturated heterocycles. The van der Waals surface area contributed by atoms with E-state index in [2.05, 4.69) is 91.5 Å². The van der Waals surface area contributed by atoms with Crippen LogP contribution in [0.2, 0.25) is 0 Å². The van der Waals surface area contributed by atoms with Crippen molar-refractivity contribution in [3.05, 3.63) is 93.9 Å². The number of esters is 1. The third kappa shape index (κ3) is 3.28. The van der Waals surface area contributed by atoms with Gasteiger partial charge in [-0.1, -0.05) is 30.3 Å². The van der Waals surface area contributed by atoms with Gasteiger partial charge in [-0.25, -0.2) is 9.78 Å². The van der Waals surface area contributed by atoms with E-state index >= 15 is 0 Å². The number of anilines is 1. The maximum absolute atomic E-state index is 13.4. The smallest absolute Gasteiger partial charge is 0.358 e. The molecule has 2 aromatic carbocycles. The molecule has 2 aromatic heterocycles. The Labute approximate surface area is 207 Å². The van der Waals surface area contributed by atoms with Gasteiger partial charge in [0, 0.05) is 64.3 Å². The maximum Gasteiger partial charge on any atom is 0.358 e. The van der Waals surface area contributed by atoms with Crippen LogP contribution in [0.15, 0.2) is 54.6 Å². The Morgan fingerprint density at radius 2 is 1.66 bits per heavy atom. The van der Waals surface area contributed by atoms with E-state index in [4.69, 9.17) is 4.74 Å². The monoisotopic (exact) mass is 467 g/mol. The van der Waals surface area contributed by atoms with Crippen molar-refractivity contribution in [2.75, 3.05) is 18.0 Å². The number of nitrogens with zero attached hydrogens (tertiary/aromatic N) is 3. The number of para-hydroxylation sites is 1. The van der Waals surface area contributed by atoms with Crippen molar-refractivity contribution in [3.63, 3.8) is 0 Å². The number of fused-ring (bicyclic) bond motifs is 2. The van der Waals surface area contributed by atoms with E-state index in [1.54, 1.807) is 0 Å². The molecule has 180 valence electrons. The number of carbonyl (C=O) groups excluding carboxylic acids is 1. The first-order valence-electron chi connectivity index (χ1n) is 12.5. The molecule has 0 aliphatic carbocycles. The minimum atomic E-state index is -1.07. The van der Waals surface area contributed by atoms with Gasteiger partial charge in [0.15, 0.2) is 11.3 Å². The van der Waals surface area contributed by atoms with Crippen LogP contribution < -0.4 is 4.90 Å². The second kappa shape index (κ2) is 8.56. The second-order valence-corrected chi connectivity index (χ2v) is 9.31. The molecular formula is C30H33N3O2. The molecule has 0 N–H and O–H groups in total. The van der Waals surface area contributed by atoms with Crippen LogP contribution >= 0.6 is 0 Å². The van der Waals surface area contributed by atoms with Gasteiger partial charge in [0.05, 0.1) is 0 Å². The highest BCUT2D eigenvalue weighted by Gasteiger charge is 2.52. The summed E-state index contributed by atoms with van der Waals surface area (Å²) in [4.78, 5) is 20.3. The summed E-state index contributed by atoms with van der Waals surface area (Å²) in [5.41, 5.74) is 7.46. The molecule has 1 aliphatic heterocycles. The number of benzene rings is 2. The van der Waals surface area contributed by atoms with E-state index in [9.17, 15) is 4.79 Å². The summed E-state index contributed by atoms with van der Waals surface area (Å²) >= 11 is 0. The van der Waals surface area contributed by atoms with Gasteiger partial charge in [0.2, 0.25) is 0 Å². The Bertz CT molecular complexity index is 1450. The lowest BCUT2D eigenvalue weighted by atomic mass is 9.77. The normalized spacial score (nSPS) is 17.0. The minimum Gasteiger partial charge on any atom is -0.439 e. The van der Waals surface area contributed by atoms with Crippen molar-refractivity contribution in [3.8, 4) is 0 Å². The first kappa shape index (κ1) is 23.2. The highest BCUT2D eigenvalue weighted by atomic mass is 16.6. The molecule has 5 rings (SSSR count). The predicted molar refractivity (Wildman–Crippen MR) is 141 cm³/mol. The van der Waals surface area contributed by atoms with E-state index in [0.717, 1.165) is 64.2 Å². The standard InChI is InChI=1S/C30H33N3O2/c1-7-32(8-2)22-15-17-24(19(4)18-22)30(25-16-14-20(5)31-28(25)29(34)35-30)27-21(6)33(9-3)26-13-11-10-12-23(26)27/h10-18H,7-9H2,1-6H3. The van der Waals surface area contributed by atoms with E-state index in [0.29, 0.717) is 5.69 Å². The van der Waals surface area contributed by atoms with Gasteiger partial charge in [0.1, 0.15) is 0 Å². The van der Waals surface area contributed by atoms with Crippen LogP contribution in [0.25, 0.3) is 10.9 Å². The Balaban J connectivity index is 1.89. The van der Waals surface area contributed by atoms with Gasteiger partial charge in [-0.2, -0.15) is 0 Å². The number of aromatic nitrogens is 2. The third-order valence-electron chi connectivity index (χ3n) is 7.47. The average Bonchev–Trinajstić information content (AvgIpc) is 3.30. The molecular weight excluding hydrogens is 434 g/mol. The SMILES string of the molecule is CCN(CC)c1ccc(C2(c3c(C)n(CC)c4ccccc34)OC(=O)c3nc(C)ccc32)c(C)c1. The van der Waals surface area contributed by atoms with Crippen molar-refractivity contribution < 1.29 is 9.53 Å². The molecule has 1 atom stereocenters. The van der Waals surface area contributed by atoms with Gasteiger partial charge < -0.3 is 14.2 Å². The van der Waals surface area contributed by atoms with Crippen molar-refractivity contribution >= 4 is 22.6 Å². The number of cyclic esters (lactones) is 1.